The first-order valence-corrected chi connectivity index (χ1v) is 10.3. The van der Waals surface area contributed by atoms with E-state index in [1.165, 1.54) is 0 Å². The molecule has 0 N–H and O–H groups in total. The van der Waals surface area contributed by atoms with Crippen LogP contribution in [0.5, 0.6) is 0 Å². The van der Waals surface area contributed by atoms with E-state index in [1.54, 1.807) is 18.3 Å². The second-order valence-electron chi connectivity index (χ2n) is 8.61. The second kappa shape index (κ2) is 9.30. The standard InChI is InChI=1S/C21H30F3N3O3/c1-19(2)15-20(6-13-30-19,18(28)17-5-3-4-7-25-17)27-10-8-26(9-11-27)12-14-29-16-21(22,23)24/h3-5,7H,6,8-16H2,1-2H3. The van der Waals surface area contributed by atoms with Crippen LogP contribution in [0.4, 0.5) is 13.2 Å². The fourth-order valence-corrected chi connectivity index (χ4v) is 4.46. The molecule has 0 aliphatic carbocycles. The Hall–Kier alpha value is -1.55. The van der Waals surface area contributed by atoms with Gasteiger partial charge in [-0.15, -0.1) is 0 Å². The summed E-state index contributed by atoms with van der Waals surface area (Å²) in [7, 11) is 0. The fourth-order valence-electron chi connectivity index (χ4n) is 4.46. The summed E-state index contributed by atoms with van der Waals surface area (Å²) in [5.41, 5.74) is -0.654. The summed E-state index contributed by atoms with van der Waals surface area (Å²) in [5, 5.41) is 0. The SMILES string of the molecule is CC1(C)CC(C(=O)c2ccccn2)(N2CCN(CCOCC(F)(F)F)CC2)CCO1. The van der Waals surface area contributed by atoms with E-state index < -0.39 is 23.9 Å². The first-order valence-electron chi connectivity index (χ1n) is 10.3. The minimum atomic E-state index is -4.30. The first-order chi connectivity index (χ1) is 14.1. The average molecular weight is 429 g/mol. The Morgan fingerprint density at radius 3 is 2.57 bits per heavy atom. The van der Waals surface area contributed by atoms with Crippen molar-refractivity contribution in [3.05, 3.63) is 30.1 Å². The molecule has 0 spiro atoms. The molecule has 3 rings (SSSR count). The van der Waals surface area contributed by atoms with Gasteiger partial charge in [-0.25, -0.2) is 0 Å². The normalized spacial score (nSPS) is 25.9. The van der Waals surface area contributed by atoms with E-state index in [1.807, 2.05) is 19.9 Å². The van der Waals surface area contributed by atoms with Crippen molar-refractivity contribution in [2.24, 2.45) is 0 Å². The van der Waals surface area contributed by atoms with Gasteiger partial charge in [0, 0.05) is 51.9 Å². The quantitative estimate of drug-likeness (QED) is 0.491. The Bertz CT molecular complexity index is 706. The van der Waals surface area contributed by atoms with E-state index in [9.17, 15) is 18.0 Å². The van der Waals surface area contributed by atoms with E-state index in [2.05, 4.69) is 14.8 Å². The highest BCUT2D eigenvalue weighted by atomic mass is 19.4. The van der Waals surface area contributed by atoms with E-state index >= 15 is 0 Å². The van der Waals surface area contributed by atoms with Crippen LogP contribution in [-0.4, -0.2) is 90.4 Å². The summed E-state index contributed by atoms with van der Waals surface area (Å²) in [6, 6.07) is 5.36. The third-order valence-corrected chi connectivity index (χ3v) is 5.84. The van der Waals surface area contributed by atoms with E-state index in [-0.39, 0.29) is 12.4 Å². The number of alkyl halides is 3. The Labute approximate surface area is 175 Å². The highest BCUT2D eigenvalue weighted by molar-refractivity contribution is 6.02. The number of carbonyl (C=O) groups excluding carboxylic acids is 1. The average Bonchev–Trinajstić information content (AvgIpc) is 2.70. The molecular weight excluding hydrogens is 399 g/mol. The molecule has 6 nitrogen and oxygen atoms in total. The molecule has 3 heterocycles. The van der Waals surface area contributed by atoms with Crippen LogP contribution in [0.1, 0.15) is 37.2 Å². The Morgan fingerprint density at radius 1 is 1.23 bits per heavy atom. The molecule has 1 unspecified atom stereocenters. The number of carbonyl (C=O) groups is 1. The number of halogens is 3. The van der Waals surface area contributed by atoms with Crippen molar-refractivity contribution in [2.75, 3.05) is 52.5 Å². The predicted octanol–water partition coefficient (Wildman–Crippen LogP) is 2.79. The summed E-state index contributed by atoms with van der Waals surface area (Å²) in [5.74, 6) is 0.0152. The Balaban J connectivity index is 1.65. The molecule has 0 amide bonds. The summed E-state index contributed by atoms with van der Waals surface area (Å²) in [6.45, 7) is 6.43. The topological polar surface area (TPSA) is 54.9 Å². The van der Waals surface area contributed by atoms with Crippen molar-refractivity contribution in [1.29, 1.82) is 0 Å². The van der Waals surface area contributed by atoms with Gasteiger partial charge in [0.1, 0.15) is 12.3 Å². The summed E-state index contributed by atoms with van der Waals surface area (Å²) >= 11 is 0. The maximum atomic E-state index is 13.6. The number of hydrogen-bond acceptors (Lipinski definition) is 6. The van der Waals surface area contributed by atoms with Crippen LogP contribution >= 0.6 is 0 Å². The predicted molar refractivity (Wildman–Crippen MR) is 105 cm³/mol. The zero-order valence-corrected chi connectivity index (χ0v) is 17.6. The maximum Gasteiger partial charge on any atom is 0.411 e. The number of ketones is 1. The highest BCUT2D eigenvalue weighted by Crippen LogP contribution is 2.39. The van der Waals surface area contributed by atoms with Gasteiger partial charge in [-0.1, -0.05) is 6.07 Å². The Kier molecular flexibility index (Phi) is 7.16. The number of aromatic nitrogens is 1. The number of ether oxygens (including phenoxy) is 2. The molecule has 2 aliphatic heterocycles. The maximum absolute atomic E-state index is 13.6. The summed E-state index contributed by atoms with van der Waals surface area (Å²) < 4.78 is 47.2. The van der Waals surface area contributed by atoms with Gasteiger partial charge in [0.15, 0.2) is 0 Å². The highest BCUT2D eigenvalue weighted by Gasteiger charge is 2.51. The van der Waals surface area contributed by atoms with Crippen LogP contribution in [0.2, 0.25) is 0 Å². The van der Waals surface area contributed by atoms with Gasteiger partial charge in [0.2, 0.25) is 5.78 Å². The first kappa shape index (κ1) is 23.1. The molecule has 9 heteroatoms. The van der Waals surface area contributed by atoms with E-state index in [0.29, 0.717) is 57.9 Å². The van der Waals surface area contributed by atoms with Crippen molar-refractivity contribution in [3.8, 4) is 0 Å². The molecule has 1 atom stereocenters. The third kappa shape index (κ3) is 5.78. The molecule has 1 aromatic rings. The fraction of sp³-hybridized carbons (Fsp3) is 0.714. The van der Waals surface area contributed by atoms with Crippen LogP contribution < -0.4 is 0 Å². The van der Waals surface area contributed by atoms with Gasteiger partial charge in [-0.2, -0.15) is 13.2 Å². The zero-order chi connectivity index (χ0) is 21.8. The minimum absolute atomic E-state index is 0.0152. The van der Waals surface area contributed by atoms with Gasteiger partial charge in [0.25, 0.3) is 0 Å². The molecule has 0 saturated carbocycles. The van der Waals surface area contributed by atoms with Crippen LogP contribution in [0.25, 0.3) is 0 Å². The van der Waals surface area contributed by atoms with E-state index in [4.69, 9.17) is 9.47 Å². The van der Waals surface area contributed by atoms with E-state index in [0.717, 1.165) is 0 Å². The molecule has 30 heavy (non-hydrogen) atoms. The number of pyridine rings is 1. The molecule has 1 aromatic heterocycles. The van der Waals surface area contributed by atoms with Crippen LogP contribution in [0.3, 0.4) is 0 Å². The van der Waals surface area contributed by atoms with Gasteiger partial charge >= 0.3 is 6.18 Å². The molecule has 0 radical (unpaired) electrons. The van der Waals surface area contributed by atoms with Crippen LogP contribution in [-0.2, 0) is 9.47 Å². The van der Waals surface area contributed by atoms with Crippen molar-refractivity contribution < 1.29 is 27.4 Å². The van der Waals surface area contributed by atoms with Crippen molar-refractivity contribution in [1.82, 2.24) is 14.8 Å². The second-order valence-corrected chi connectivity index (χ2v) is 8.61. The summed E-state index contributed by atoms with van der Waals surface area (Å²) in [6.07, 6.45) is -1.50. The molecular formula is C21H30F3N3O3. The lowest BCUT2D eigenvalue weighted by molar-refractivity contribution is -0.175. The number of nitrogens with zero attached hydrogens (tertiary/aromatic N) is 3. The van der Waals surface area contributed by atoms with Gasteiger partial charge in [-0.05, 0) is 32.4 Å². The lowest BCUT2D eigenvalue weighted by atomic mass is 9.75. The third-order valence-electron chi connectivity index (χ3n) is 5.84. The van der Waals surface area contributed by atoms with Gasteiger partial charge < -0.3 is 9.47 Å². The molecule has 0 aromatic carbocycles. The number of piperazine rings is 1. The van der Waals surface area contributed by atoms with Crippen molar-refractivity contribution in [2.45, 2.75) is 44.0 Å². The molecule has 2 saturated heterocycles. The zero-order valence-electron chi connectivity index (χ0n) is 17.6. The molecule has 168 valence electrons. The van der Waals surface area contributed by atoms with Crippen molar-refractivity contribution in [3.63, 3.8) is 0 Å². The van der Waals surface area contributed by atoms with Crippen LogP contribution in [0.15, 0.2) is 24.4 Å². The van der Waals surface area contributed by atoms with Crippen molar-refractivity contribution >= 4 is 5.78 Å². The lowest BCUT2D eigenvalue weighted by Crippen LogP contribution is -2.65. The minimum Gasteiger partial charge on any atom is -0.375 e. The Morgan fingerprint density at radius 2 is 1.97 bits per heavy atom. The van der Waals surface area contributed by atoms with Gasteiger partial charge in [0.05, 0.1) is 17.7 Å². The number of hydrogen-bond donors (Lipinski definition) is 0. The van der Waals surface area contributed by atoms with Gasteiger partial charge in [-0.3, -0.25) is 19.6 Å². The number of rotatable bonds is 7. The molecule has 2 fully saturated rings. The molecule has 2 aliphatic rings. The lowest BCUT2D eigenvalue weighted by Gasteiger charge is -2.52. The largest absolute Gasteiger partial charge is 0.411 e. The number of Topliss-reactive ketones (excluding diaryl/α,β-unsaturated/α-hetero) is 1. The summed E-state index contributed by atoms with van der Waals surface area (Å²) in [4.78, 5) is 22.2. The smallest absolute Gasteiger partial charge is 0.375 e. The molecule has 0 bridgehead atoms. The monoisotopic (exact) mass is 429 g/mol. The van der Waals surface area contributed by atoms with Crippen LogP contribution in [0, 0.1) is 0 Å².